The molecule has 0 aliphatic carbocycles. The number of halogens is 3. The molecule has 124 valence electrons. The zero-order chi connectivity index (χ0) is 16.8. The van der Waals surface area contributed by atoms with Gasteiger partial charge in [-0.2, -0.15) is 0 Å². The monoisotopic (exact) mass is 373 g/mol. The highest BCUT2D eigenvalue weighted by molar-refractivity contribution is 6.42. The number of benzene rings is 2. The number of ether oxygens (including phenoxy) is 1. The summed E-state index contributed by atoms with van der Waals surface area (Å²) in [5, 5.41) is 14.8. The van der Waals surface area contributed by atoms with Crippen molar-refractivity contribution in [3.05, 3.63) is 62.6 Å². The van der Waals surface area contributed by atoms with Crippen LogP contribution >= 0.6 is 34.8 Å². The van der Waals surface area contributed by atoms with E-state index in [4.69, 9.17) is 39.5 Å². The second kappa shape index (κ2) is 8.76. The second-order valence-electron chi connectivity index (χ2n) is 5.21. The predicted octanol–water partition coefficient (Wildman–Crippen LogP) is 4.48. The van der Waals surface area contributed by atoms with E-state index in [1.165, 1.54) is 0 Å². The first kappa shape index (κ1) is 18.4. The lowest BCUT2D eigenvalue weighted by molar-refractivity contribution is 0.106. The summed E-state index contributed by atoms with van der Waals surface area (Å²) in [4.78, 5) is 0. The highest BCUT2D eigenvalue weighted by Gasteiger charge is 2.08. The van der Waals surface area contributed by atoms with Crippen molar-refractivity contribution in [1.82, 2.24) is 5.32 Å². The van der Waals surface area contributed by atoms with Gasteiger partial charge in [-0.3, -0.25) is 0 Å². The molecule has 2 N–H and O–H groups in total. The Hall–Kier alpha value is -0.970. The fourth-order valence-corrected chi connectivity index (χ4v) is 2.65. The summed E-state index contributed by atoms with van der Waals surface area (Å²) < 4.78 is 5.49. The van der Waals surface area contributed by atoms with Crippen LogP contribution in [-0.4, -0.2) is 24.4 Å². The molecule has 2 rings (SSSR count). The summed E-state index contributed by atoms with van der Waals surface area (Å²) in [5.41, 5.74) is 2.15. The van der Waals surface area contributed by atoms with Gasteiger partial charge in [0.2, 0.25) is 0 Å². The van der Waals surface area contributed by atoms with E-state index in [2.05, 4.69) is 5.32 Å². The quantitative estimate of drug-likeness (QED) is 0.750. The van der Waals surface area contributed by atoms with Crippen LogP contribution in [0.1, 0.15) is 11.1 Å². The zero-order valence-electron chi connectivity index (χ0n) is 12.7. The number of aliphatic hydroxyl groups excluding tert-OH is 1. The van der Waals surface area contributed by atoms with Crippen LogP contribution < -0.4 is 10.1 Å². The highest BCUT2D eigenvalue weighted by Crippen LogP contribution is 2.26. The Bertz CT molecular complexity index is 644. The molecule has 0 aromatic heterocycles. The van der Waals surface area contributed by atoms with Crippen LogP contribution in [0.5, 0.6) is 5.75 Å². The summed E-state index contributed by atoms with van der Waals surface area (Å²) in [6.07, 6.45) is -0.646. The largest absolute Gasteiger partial charge is 0.491 e. The number of hydrogen-bond donors (Lipinski definition) is 2. The van der Waals surface area contributed by atoms with Gasteiger partial charge in [-0.25, -0.2) is 0 Å². The van der Waals surface area contributed by atoms with Gasteiger partial charge < -0.3 is 15.2 Å². The Morgan fingerprint density at radius 1 is 1.09 bits per heavy atom. The lowest BCUT2D eigenvalue weighted by Crippen LogP contribution is -2.31. The molecule has 0 radical (unpaired) electrons. The summed E-state index contributed by atoms with van der Waals surface area (Å²) in [5.74, 6) is 0.570. The van der Waals surface area contributed by atoms with Gasteiger partial charge in [-0.1, -0.05) is 46.9 Å². The Balaban J connectivity index is 1.77. The fourth-order valence-electron chi connectivity index (χ4n) is 2.07. The molecule has 0 aliphatic rings. The third-order valence-electron chi connectivity index (χ3n) is 3.37. The molecular weight excluding hydrogens is 357 g/mol. The number of aryl methyl sites for hydroxylation is 1. The predicted molar refractivity (Wildman–Crippen MR) is 95.9 cm³/mol. The molecule has 23 heavy (non-hydrogen) atoms. The maximum Gasteiger partial charge on any atom is 0.121 e. The van der Waals surface area contributed by atoms with Crippen LogP contribution in [0.3, 0.4) is 0 Å². The van der Waals surface area contributed by atoms with E-state index in [9.17, 15) is 5.11 Å². The highest BCUT2D eigenvalue weighted by atomic mass is 35.5. The maximum absolute atomic E-state index is 9.97. The van der Waals surface area contributed by atoms with Crippen molar-refractivity contribution >= 4 is 34.8 Å². The van der Waals surface area contributed by atoms with Crippen molar-refractivity contribution < 1.29 is 9.84 Å². The molecular formula is C17H18Cl3NO2. The molecule has 0 saturated carbocycles. The van der Waals surface area contributed by atoms with Crippen molar-refractivity contribution in [1.29, 1.82) is 0 Å². The van der Waals surface area contributed by atoms with Gasteiger partial charge in [0, 0.05) is 24.2 Å². The van der Waals surface area contributed by atoms with E-state index in [0.717, 1.165) is 16.1 Å². The maximum atomic E-state index is 9.97. The minimum atomic E-state index is -0.646. The summed E-state index contributed by atoms with van der Waals surface area (Å²) in [7, 11) is 0. The molecule has 0 fully saturated rings. The van der Waals surface area contributed by atoms with Gasteiger partial charge in [-0.15, -0.1) is 0 Å². The van der Waals surface area contributed by atoms with Crippen LogP contribution in [-0.2, 0) is 6.54 Å². The SMILES string of the molecule is Cc1cccc(Cl)c1CNCC(O)COc1ccc(Cl)c(Cl)c1. The second-order valence-corrected chi connectivity index (χ2v) is 6.43. The van der Waals surface area contributed by atoms with E-state index in [0.29, 0.717) is 28.9 Å². The summed E-state index contributed by atoms with van der Waals surface area (Å²) in [6, 6.07) is 10.8. The minimum Gasteiger partial charge on any atom is -0.491 e. The van der Waals surface area contributed by atoms with Crippen LogP contribution in [0.2, 0.25) is 15.1 Å². The van der Waals surface area contributed by atoms with E-state index >= 15 is 0 Å². The number of aliphatic hydroxyl groups is 1. The minimum absolute atomic E-state index is 0.159. The fraction of sp³-hybridized carbons (Fsp3) is 0.294. The lowest BCUT2D eigenvalue weighted by Gasteiger charge is -2.15. The first-order valence-electron chi connectivity index (χ1n) is 7.18. The van der Waals surface area contributed by atoms with Crippen LogP contribution in [0.4, 0.5) is 0 Å². The zero-order valence-corrected chi connectivity index (χ0v) is 14.9. The van der Waals surface area contributed by atoms with Crippen molar-refractivity contribution in [3.8, 4) is 5.75 Å². The lowest BCUT2D eigenvalue weighted by atomic mass is 10.1. The molecule has 6 heteroatoms. The van der Waals surface area contributed by atoms with Crippen LogP contribution in [0, 0.1) is 6.92 Å². The van der Waals surface area contributed by atoms with E-state index < -0.39 is 6.10 Å². The molecule has 0 saturated heterocycles. The van der Waals surface area contributed by atoms with Crippen LogP contribution in [0.25, 0.3) is 0 Å². The Labute approximate surface area is 151 Å². The molecule has 0 amide bonds. The van der Waals surface area contributed by atoms with Crippen molar-refractivity contribution in [2.45, 2.75) is 19.6 Å². The van der Waals surface area contributed by atoms with E-state index in [1.807, 2.05) is 25.1 Å². The van der Waals surface area contributed by atoms with Gasteiger partial charge in [-0.05, 0) is 36.2 Å². The summed E-state index contributed by atoms with van der Waals surface area (Å²) in [6.45, 7) is 3.15. The van der Waals surface area contributed by atoms with E-state index in [-0.39, 0.29) is 6.61 Å². The standard InChI is InChI=1S/C17H18Cl3NO2/c1-11-3-2-4-15(18)14(11)9-21-8-12(22)10-23-13-5-6-16(19)17(20)7-13/h2-7,12,21-22H,8-10H2,1H3. The third-order valence-corrected chi connectivity index (χ3v) is 4.46. The number of rotatable bonds is 7. The molecule has 0 spiro atoms. The molecule has 0 bridgehead atoms. The Morgan fingerprint density at radius 2 is 1.87 bits per heavy atom. The third kappa shape index (κ3) is 5.55. The number of hydrogen-bond acceptors (Lipinski definition) is 3. The molecule has 0 heterocycles. The topological polar surface area (TPSA) is 41.5 Å². The first-order valence-corrected chi connectivity index (χ1v) is 8.31. The van der Waals surface area contributed by atoms with Crippen molar-refractivity contribution in [2.75, 3.05) is 13.2 Å². The molecule has 2 aromatic rings. The normalized spacial score (nSPS) is 12.2. The Kier molecular flexibility index (Phi) is 7.00. The smallest absolute Gasteiger partial charge is 0.121 e. The molecule has 0 aliphatic heterocycles. The summed E-state index contributed by atoms with van der Waals surface area (Å²) >= 11 is 17.9. The molecule has 1 atom stereocenters. The van der Waals surface area contributed by atoms with Gasteiger partial charge in [0.15, 0.2) is 0 Å². The van der Waals surface area contributed by atoms with E-state index in [1.54, 1.807) is 18.2 Å². The first-order chi connectivity index (χ1) is 11.0. The number of nitrogens with one attached hydrogen (secondary N) is 1. The van der Waals surface area contributed by atoms with Crippen molar-refractivity contribution in [2.24, 2.45) is 0 Å². The molecule has 2 aromatic carbocycles. The average Bonchev–Trinajstić information content (AvgIpc) is 2.51. The van der Waals surface area contributed by atoms with Crippen LogP contribution in [0.15, 0.2) is 36.4 Å². The average molecular weight is 375 g/mol. The van der Waals surface area contributed by atoms with Crippen molar-refractivity contribution in [3.63, 3.8) is 0 Å². The molecule has 3 nitrogen and oxygen atoms in total. The van der Waals surface area contributed by atoms with Gasteiger partial charge in [0.05, 0.1) is 10.0 Å². The van der Waals surface area contributed by atoms with Gasteiger partial charge in [0.25, 0.3) is 0 Å². The molecule has 1 unspecified atom stereocenters. The van der Waals surface area contributed by atoms with Gasteiger partial charge in [0.1, 0.15) is 18.5 Å². The Morgan fingerprint density at radius 3 is 2.57 bits per heavy atom. The van der Waals surface area contributed by atoms with Gasteiger partial charge >= 0.3 is 0 Å².